The Balaban J connectivity index is 1.92. The summed E-state index contributed by atoms with van der Waals surface area (Å²) in [4.78, 5) is 0. The van der Waals surface area contributed by atoms with Crippen molar-refractivity contribution in [1.82, 2.24) is 4.57 Å². The summed E-state index contributed by atoms with van der Waals surface area (Å²) >= 11 is 0. The second-order valence-electron chi connectivity index (χ2n) is 6.91. The van der Waals surface area contributed by atoms with Crippen LogP contribution in [0.4, 0.5) is 0 Å². The zero-order chi connectivity index (χ0) is 17.0. The fraction of sp³-hybridized carbons (Fsp3) is 0.0833. The minimum Gasteiger partial charge on any atom is -0.309 e. The number of fused-ring (bicyclic) bond motifs is 4. The standard InChI is InChI=1S/C24H19N/c1-16-7-11-23-21(13-16)22-14-17(2)8-12-24(22)25(23)20-10-9-18-5-3-4-6-19(18)15-20/h3-15H,1-2H3. The molecule has 0 atom stereocenters. The van der Waals surface area contributed by atoms with Crippen LogP contribution in [0, 0.1) is 13.8 Å². The van der Waals surface area contributed by atoms with Crippen LogP contribution in [0.1, 0.15) is 11.1 Å². The Hall–Kier alpha value is -3.06. The third-order valence-electron chi connectivity index (χ3n) is 5.07. The van der Waals surface area contributed by atoms with Crippen LogP contribution in [0.2, 0.25) is 0 Å². The molecular weight excluding hydrogens is 302 g/mol. The summed E-state index contributed by atoms with van der Waals surface area (Å²) in [6.07, 6.45) is 0. The molecule has 0 aliphatic heterocycles. The first-order valence-corrected chi connectivity index (χ1v) is 8.71. The molecule has 0 N–H and O–H groups in total. The quantitative estimate of drug-likeness (QED) is 0.330. The monoisotopic (exact) mass is 321 g/mol. The van der Waals surface area contributed by atoms with Gasteiger partial charge in [0.15, 0.2) is 0 Å². The molecule has 0 radical (unpaired) electrons. The number of hydrogen-bond acceptors (Lipinski definition) is 0. The largest absolute Gasteiger partial charge is 0.309 e. The highest BCUT2D eigenvalue weighted by atomic mass is 15.0. The van der Waals surface area contributed by atoms with Gasteiger partial charge in [0.2, 0.25) is 0 Å². The van der Waals surface area contributed by atoms with Crippen LogP contribution in [0.15, 0.2) is 78.9 Å². The molecule has 1 aromatic heterocycles. The highest BCUT2D eigenvalue weighted by Gasteiger charge is 2.12. The zero-order valence-electron chi connectivity index (χ0n) is 14.5. The van der Waals surface area contributed by atoms with Gasteiger partial charge in [0.05, 0.1) is 11.0 Å². The van der Waals surface area contributed by atoms with Gasteiger partial charge >= 0.3 is 0 Å². The summed E-state index contributed by atoms with van der Waals surface area (Å²) in [5, 5.41) is 5.20. The van der Waals surface area contributed by atoms with Crippen LogP contribution >= 0.6 is 0 Å². The maximum absolute atomic E-state index is 2.38. The summed E-state index contributed by atoms with van der Waals surface area (Å²) in [6, 6.07) is 28.8. The molecule has 0 saturated heterocycles. The Bertz CT molecular complexity index is 1200. The van der Waals surface area contributed by atoms with Crippen LogP contribution in [0.25, 0.3) is 38.3 Å². The summed E-state index contributed by atoms with van der Waals surface area (Å²) in [6.45, 7) is 4.32. The molecule has 0 fully saturated rings. The Labute approximate surface area is 147 Å². The van der Waals surface area contributed by atoms with Gasteiger partial charge < -0.3 is 4.57 Å². The Morgan fingerprint density at radius 2 is 1.16 bits per heavy atom. The number of nitrogens with zero attached hydrogens (tertiary/aromatic N) is 1. The van der Waals surface area contributed by atoms with E-state index in [0.29, 0.717) is 0 Å². The van der Waals surface area contributed by atoms with Gasteiger partial charge in [-0.3, -0.25) is 0 Å². The SMILES string of the molecule is Cc1ccc2c(c1)c1cc(C)ccc1n2-c1ccc2ccccc2c1. The average Bonchev–Trinajstić information content (AvgIpc) is 2.94. The van der Waals surface area contributed by atoms with Crippen LogP contribution in [-0.4, -0.2) is 4.57 Å². The molecule has 25 heavy (non-hydrogen) atoms. The van der Waals surface area contributed by atoms with Gasteiger partial charge in [0.25, 0.3) is 0 Å². The number of hydrogen-bond donors (Lipinski definition) is 0. The topological polar surface area (TPSA) is 4.93 Å². The van der Waals surface area contributed by atoms with Gasteiger partial charge in [0.1, 0.15) is 0 Å². The number of rotatable bonds is 1. The maximum atomic E-state index is 2.38. The first-order valence-electron chi connectivity index (χ1n) is 8.71. The molecule has 0 amide bonds. The molecule has 120 valence electrons. The lowest BCUT2D eigenvalue weighted by Gasteiger charge is -2.09. The van der Waals surface area contributed by atoms with E-state index in [2.05, 4.69) is 97.3 Å². The van der Waals surface area contributed by atoms with Crippen molar-refractivity contribution >= 4 is 32.6 Å². The van der Waals surface area contributed by atoms with E-state index in [-0.39, 0.29) is 0 Å². The van der Waals surface area contributed by atoms with E-state index in [1.165, 1.54) is 49.4 Å². The number of aromatic nitrogens is 1. The van der Waals surface area contributed by atoms with Crippen molar-refractivity contribution in [3.05, 3.63) is 90.0 Å². The van der Waals surface area contributed by atoms with Crippen molar-refractivity contribution < 1.29 is 0 Å². The fourth-order valence-corrected chi connectivity index (χ4v) is 3.84. The Morgan fingerprint density at radius 3 is 1.80 bits per heavy atom. The second kappa shape index (κ2) is 5.22. The molecule has 0 spiro atoms. The highest BCUT2D eigenvalue weighted by molar-refractivity contribution is 6.10. The molecule has 4 aromatic carbocycles. The molecule has 1 heterocycles. The molecular formula is C24H19N. The lowest BCUT2D eigenvalue weighted by atomic mass is 10.1. The minimum absolute atomic E-state index is 1.21. The van der Waals surface area contributed by atoms with Gasteiger partial charge in [-0.25, -0.2) is 0 Å². The van der Waals surface area contributed by atoms with E-state index in [0.717, 1.165) is 0 Å². The molecule has 0 unspecified atom stereocenters. The van der Waals surface area contributed by atoms with Crippen molar-refractivity contribution in [2.75, 3.05) is 0 Å². The number of benzene rings is 4. The summed E-state index contributed by atoms with van der Waals surface area (Å²) in [7, 11) is 0. The highest BCUT2D eigenvalue weighted by Crippen LogP contribution is 2.34. The van der Waals surface area contributed by atoms with Crippen LogP contribution in [0.3, 0.4) is 0 Å². The summed E-state index contributed by atoms with van der Waals surface area (Å²) in [5.74, 6) is 0. The van der Waals surface area contributed by atoms with E-state index < -0.39 is 0 Å². The molecule has 0 aliphatic carbocycles. The van der Waals surface area contributed by atoms with Crippen molar-refractivity contribution in [2.45, 2.75) is 13.8 Å². The third-order valence-corrected chi connectivity index (χ3v) is 5.07. The predicted molar refractivity (Wildman–Crippen MR) is 108 cm³/mol. The van der Waals surface area contributed by atoms with Crippen LogP contribution < -0.4 is 0 Å². The van der Waals surface area contributed by atoms with Crippen molar-refractivity contribution in [3.63, 3.8) is 0 Å². The van der Waals surface area contributed by atoms with E-state index in [1.54, 1.807) is 0 Å². The van der Waals surface area contributed by atoms with Crippen molar-refractivity contribution in [2.24, 2.45) is 0 Å². The first kappa shape index (κ1) is 14.3. The molecule has 1 nitrogen and oxygen atoms in total. The molecule has 0 saturated carbocycles. The maximum Gasteiger partial charge on any atom is 0.0541 e. The Kier molecular flexibility index (Phi) is 2.98. The smallest absolute Gasteiger partial charge is 0.0541 e. The van der Waals surface area contributed by atoms with Crippen molar-refractivity contribution in [1.29, 1.82) is 0 Å². The number of aryl methyl sites for hydroxylation is 2. The van der Waals surface area contributed by atoms with Gasteiger partial charge in [-0.1, -0.05) is 53.6 Å². The van der Waals surface area contributed by atoms with Crippen LogP contribution in [-0.2, 0) is 0 Å². The van der Waals surface area contributed by atoms with E-state index in [9.17, 15) is 0 Å². The third kappa shape index (κ3) is 2.16. The van der Waals surface area contributed by atoms with Crippen LogP contribution in [0.5, 0.6) is 0 Å². The molecule has 5 rings (SSSR count). The minimum atomic E-state index is 1.21. The summed E-state index contributed by atoms with van der Waals surface area (Å²) in [5.41, 5.74) is 6.34. The summed E-state index contributed by atoms with van der Waals surface area (Å²) < 4.78 is 2.38. The molecule has 0 aliphatic rings. The predicted octanol–water partition coefficient (Wildman–Crippen LogP) is 6.55. The average molecular weight is 321 g/mol. The normalized spacial score (nSPS) is 11.6. The van der Waals surface area contributed by atoms with Gasteiger partial charge in [-0.05, 0) is 61.0 Å². The van der Waals surface area contributed by atoms with Gasteiger partial charge in [-0.15, -0.1) is 0 Å². The van der Waals surface area contributed by atoms with Gasteiger partial charge in [-0.2, -0.15) is 0 Å². The molecule has 5 aromatic rings. The van der Waals surface area contributed by atoms with E-state index in [4.69, 9.17) is 0 Å². The first-order chi connectivity index (χ1) is 12.2. The lowest BCUT2D eigenvalue weighted by molar-refractivity contribution is 1.18. The molecule has 0 bridgehead atoms. The van der Waals surface area contributed by atoms with Crippen molar-refractivity contribution in [3.8, 4) is 5.69 Å². The zero-order valence-corrected chi connectivity index (χ0v) is 14.5. The van der Waals surface area contributed by atoms with E-state index in [1.807, 2.05) is 0 Å². The van der Waals surface area contributed by atoms with E-state index >= 15 is 0 Å². The lowest BCUT2D eigenvalue weighted by Crippen LogP contribution is -1.93. The second-order valence-corrected chi connectivity index (χ2v) is 6.91. The fourth-order valence-electron chi connectivity index (χ4n) is 3.84. The van der Waals surface area contributed by atoms with Gasteiger partial charge in [0, 0.05) is 16.5 Å². The Morgan fingerprint density at radius 1 is 0.560 bits per heavy atom. The molecule has 1 heteroatoms.